The number of ether oxygens (including phenoxy) is 1. The number of hydrogen-bond acceptors (Lipinski definition) is 3. The summed E-state index contributed by atoms with van der Waals surface area (Å²) in [5, 5.41) is 0. The van der Waals surface area contributed by atoms with E-state index in [9.17, 15) is 4.79 Å². The molecule has 0 atom stereocenters. The number of esters is 1. The van der Waals surface area contributed by atoms with Crippen molar-refractivity contribution >= 4 is 5.97 Å². The first-order chi connectivity index (χ1) is 6.77. The highest BCUT2D eigenvalue weighted by atomic mass is 16.5. The summed E-state index contributed by atoms with van der Waals surface area (Å²) in [6, 6.07) is 0. The van der Waals surface area contributed by atoms with Crippen LogP contribution in [0, 0.1) is 0 Å². The van der Waals surface area contributed by atoms with Gasteiger partial charge in [0.2, 0.25) is 0 Å². The second-order valence-electron chi connectivity index (χ2n) is 4.40. The van der Waals surface area contributed by atoms with E-state index in [1.807, 2.05) is 6.92 Å². The molecule has 1 saturated carbocycles. The van der Waals surface area contributed by atoms with Crippen molar-refractivity contribution in [2.45, 2.75) is 44.6 Å². The summed E-state index contributed by atoms with van der Waals surface area (Å²) in [5.41, 5.74) is 0.211. The van der Waals surface area contributed by atoms with Crippen molar-refractivity contribution in [1.82, 2.24) is 4.90 Å². The van der Waals surface area contributed by atoms with Gasteiger partial charge in [-0.05, 0) is 45.7 Å². The zero-order valence-electron chi connectivity index (χ0n) is 8.92. The monoisotopic (exact) mass is 197 g/mol. The molecule has 14 heavy (non-hydrogen) atoms. The van der Waals surface area contributed by atoms with Crippen LogP contribution in [0.15, 0.2) is 0 Å². The number of carbonyl (C=O) groups excluding carboxylic acids is 1. The van der Waals surface area contributed by atoms with E-state index >= 15 is 0 Å². The maximum Gasteiger partial charge on any atom is 0.307 e. The largest absolute Gasteiger partial charge is 0.466 e. The first kappa shape index (κ1) is 9.97. The molecular formula is C11H19NO2. The maximum atomic E-state index is 11.4. The van der Waals surface area contributed by atoms with Gasteiger partial charge in [0.05, 0.1) is 13.0 Å². The van der Waals surface area contributed by atoms with Crippen LogP contribution in [0.2, 0.25) is 0 Å². The lowest BCUT2D eigenvalue weighted by molar-refractivity contribution is -0.144. The van der Waals surface area contributed by atoms with Gasteiger partial charge in [0.1, 0.15) is 0 Å². The molecule has 3 heteroatoms. The summed E-state index contributed by atoms with van der Waals surface area (Å²) in [7, 11) is 0. The predicted octanol–water partition coefficient (Wildman–Crippen LogP) is 1.57. The predicted molar refractivity (Wildman–Crippen MR) is 54.0 cm³/mol. The topological polar surface area (TPSA) is 29.5 Å². The molecule has 0 N–H and O–H groups in total. The highest BCUT2D eigenvalue weighted by molar-refractivity contribution is 5.71. The molecule has 2 aliphatic rings. The van der Waals surface area contributed by atoms with Crippen LogP contribution < -0.4 is 0 Å². The number of likely N-dealkylation sites (tertiary alicyclic amines) is 1. The third-order valence-corrected chi connectivity index (χ3v) is 3.38. The van der Waals surface area contributed by atoms with Gasteiger partial charge in [-0.1, -0.05) is 0 Å². The van der Waals surface area contributed by atoms with E-state index in [0.717, 1.165) is 0 Å². The molecule has 0 aromatic rings. The minimum Gasteiger partial charge on any atom is -0.466 e. The van der Waals surface area contributed by atoms with Gasteiger partial charge in [-0.2, -0.15) is 0 Å². The fourth-order valence-electron chi connectivity index (χ4n) is 2.42. The Balaban J connectivity index is 1.86. The summed E-state index contributed by atoms with van der Waals surface area (Å²) in [4.78, 5) is 13.9. The fourth-order valence-corrected chi connectivity index (χ4v) is 2.42. The van der Waals surface area contributed by atoms with Gasteiger partial charge in [-0.15, -0.1) is 0 Å². The molecule has 1 saturated heterocycles. The van der Waals surface area contributed by atoms with E-state index in [2.05, 4.69) is 4.90 Å². The summed E-state index contributed by atoms with van der Waals surface area (Å²) < 4.78 is 5.01. The lowest BCUT2D eigenvalue weighted by Crippen LogP contribution is -2.37. The third-order valence-electron chi connectivity index (χ3n) is 3.38. The van der Waals surface area contributed by atoms with Crippen molar-refractivity contribution < 1.29 is 9.53 Å². The van der Waals surface area contributed by atoms with Gasteiger partial charge in [0, 0.05) is 5.54 Å². The Bertz CT molecular complexity index is 217. The first-order valence-corrected chi connectivity index (χ1v) is 5.67. The van der Waals surface area contributed by atoms with E-state index in [0.29, 0.717) is 13.0 Å². The van der Waals surface area contributed by atoms with Crippen molar-refractivity contribution in [3.8, 4) is 0 Å². The molecule has 0 radical (unpaired) electrons. The standard InChI is InChI=1S/C11H19NO2/c1-2-14-10(13)9-11(5-6-11)12-7-3-4-8-12/h2-9H2,1H3. The van der Waals surface area contributed by atoms with Gasteiger partial charge in [-0.25, -0.2) is 0 Å². The van der Waals surface area contributed by atoms with E-state index in [-0.39, 0.29) is 11.5 Å². The Morgan fingerprint density at radius 3 is 2.50 bits per heavy atom. The van der Waals surface area contributed by atoms with Crippen LogP contribution in [0.1, 0.15) is 39.0 Å². The quantitative estimate of drug-likeness (QED) is 0.641. The van der Waals surface area contributed by atoms with Gasteiger partial charge in [0.25, 0.3) is 0 Å². The second-order valence-corrected chi connectivity index (χ2v) is 4.40. The van der Waals surface area contributed by atoms with Crippen LogP contribution in [0.3, 0.4) is 0 Å². The summed E-state index contributed by atoms with van der Waals surface area (Å²) >= 11 is 0. The van der Waals surface area contributed by atoms with Crippen LogP contribution in [0.5, 0.6) is 0 Å². The fraction of sp³-hybridized carbons (Fsp3) is 0.909. The Morgan fingerprint density at radius 1 is 1.36 bits per heavy atom. The molecule has 0 bridgehead atoms. The minimum atomic E-state index is -0.0168. The van der Waals surface area contributed by atoms with Crippen molar-refractivity contribution in [3.63, 3.8) is 0 Å². The van der Waals surface area contributed by atoms with Gasteiger partial charge in [0.15, 0.2) is 0 Å². The molecule has 0 aromatic heterocycles. The van der Waals surface area contributed by atoms with Gasteiger partial charge in [-0.3, -0.25) is 9.69 Å². The highest BCUT2D eigenvalue weighted by Gasteiger charge is 2.50. The van der Waals surface area contributed by atoms with E-state index in [4.69, 9.17) is 4.74 Å². The van der Waals surface area contributed by atoms with Crippen LogP contribution in [-0.4, -0.2) is 36.1 Å². The number of rotatable bonds is 4. The molecule has 2 rings (SSSR count). The maximum absolute atomic E-state index is 11.4. The molecule has 0 spiro atoms. The lowest BCUT2D eigenvalue weighted by atomic mass is 10.1. The zero-order chi connectivity index (χ0) is 10.0. The average molecular weight is 197 g/mol. The number of carbonyl (C=O) groups is 1. The van der Waals surface area contributed by atoms with E-state index in [1.54, 1.807) is 0 Å². The molecule has 0 aromatic carbocycles. The van der Waals surface area contributed by atoms with Gasteiger partial charge < -0.3 is 4.74 Å². The molecular weight excluding hydrogens is 178 g/mol. The molecule has 1 heterocycles. The first-order valence-electron chi connectivity index (χ1n) is 5.67. The molecule has 1 aliphatic carbocycles. The summed E-state index contributed by atoms with van der Waals surface area (Å²) in [6.45, 7) is 4.74. The van der Waals surface area contributed by atoms with Crippen LogP contribution >= 0.6 is 0 Å². The summed E-state index contributed by atoms with van der Waals surface area (Å²) in [6.07, 6.45) is 5.58. The van der Waals surface area contributed by atoms with E-state index < -0.39 is 0 Å². The lowest BCUT2D eigenvalue weighted by Gasteiger charge is -2.26. The zero-order valence-corrected chi connectivity index (χ0v) is 8.92. The molecule has 2 fully saturated rings. The normalized spacial score (nSPS) is 24.9. The van der Waals surface area contributed by atoms with Crippen molar-refractivity contribution in [2.75, 3.05) is 19.7 Å². The molecule has 80 valence electrons. The Kier molecular flexibility index (Phi) is 2.77. The van der Waals surface area contributed by atoms with Crippen LogP contribution in [0.4, 0.5) is 0 Å². The average Bonchev–Trinajstić information content (AvgIpc) is 2.74. The molecule has 0 unspecified atom stereocenters. The van der Waals surface area contributed by atoms with E-state index in [1.165, 1.54) is 38.8 Å². The third kappa shape index (κ3) is 1.92. The van der Waals surface area contributed by atoms with Gasteiger partial charge >= 0.3 is 5.97 Å². The molecule has 0 amide bonds. The minimum absolute atomic E-state index is 0.0168. The second kappa shape index (κ2) is 3.89. The highest BCUT2D eigenvalue weighted by Crippen LogP contribution is 2.46. The Labute approximate surface area is 85.4 Å². The SMILES string of the molecule is CCOC(=O)CC1(N2CCCC2)CC1. The Morgan fingerprint density at radius 2 is 2.00 bits per heavy atom. The number of hydrogen-bond donors (Lipinski definition) is 0. The number of nitrogens with zero attached hydrogens (tertiary/aromatic N) is 1. The molecule has 1 aliphatic heterocycles. The van der Waals surface area contributed by atoms with Crippen molar-refractivity contribution in [1.29, 1.82) is 0 Å². The van der Waals surface area contributed by atoms with Crippen LogP contribution in [-0.2, 0) is 9.53 Å². The summed E-state index contributed by atoms with van der Waals surface area (Å²) in [5.74, 6) is -0.0168. The van der Waals surface area contributed by atoms with Crippen molar-refractivity contribution in [2.24, 2.45) is 0 Å². The molecule has 3 nitrogen and oxygen atoms in total. The smallest absolute Gasteiger partial charge is 0.307 e. The van der Waals surface area contributed by atoms with Crippen LogP contribution in [0.25, 0.3) is 0 Å². The van der Waals surface area contributed by atoms with Crippen molar-refractivity contribution in [3.05, 3.63) is 0 Å². The Hall–Kier alpha value is -0.570.